The first-order chi connectivity index (χ1) is 13.8. The molecule has 0 saturated carbocycles. The summed E-state index contributed by atoms with van der Waals surface area (Å²) < 4.78 is 53.2. The first-order valence-corrected chi connectivity index (χ1v) is 11.9. The third-order valence-corrected chi connectivity index (χ3v) is 8.71. The molecule has 2 heterocycles. The van der Waals surface area contributed by atoms with Crippen LogP contribution in [0.3, 0.4) is 0 Å². The average molecular weight is 441 g/mol. The predicted octanol–water partition coefficient (Wildman–Crippen LogP) is 3.30. The minimum atomic E-state index is -3.93. The highest BCUT2D eigenvalue weighted by Gasteiger charge is 2.32. The van der Waals surface area contributed by atoms with Crippen LogP contribution in [0.25, 0.3) is 0 Å². The Bertz CT molecular complexity index is 1040. The zero-order valence-corrected chi connectivity index (χ0v) is 17.7. The number of aryl methyl sites for hydroxylation is 1. The van der Waals surface area contributed by atoms with Crippen molar-refractivity contribution in [1.29, 1.82) is 0 Å². The van der Waals surface area contributed by atoms with Gasteiger partial charge in [-0.15, -0.1) is 11.3 Å². The van der Waals surface area contributed by atoms with Crippen LogP contribution in [0, 0.1) is 17.6 Å². The van der Waals surface area contributed by atoms with E-state index in [1.165, 1.54) is 14.7 Å². The Balaban J connectivity index is 1.44. The van der Waals surface area contributed by atoms with Crippen molar-refractivity contribution in [1.82, 2.24) is 9.21 Å². The van der Waals surface area contributed by atoms with Crippen LogP contribution in [-0.4, -0.2) is 49.7 Å². The maximum Gasteiger partial charge on any atom is 0.264 e. The molecule has 0 spiro atoms. The van der Waals surface area contributed by atoms with Crippen molar-refractivity contribution in [2.24, 2.45) is 5.92 Å². The molecule has 2 aromatic rings. The molecule has 1 aliphatic heterocycles. The number of thiophene rings is 1. The Labute approximate surface area is 173 Å². The molecule has 156 valence electrons. The Morgan fingerprint density at radius 1 is 1.10 bits per heavy atom. The first kappa shape index (κ1) is 20.4. The molecular weight excluding hydrogens is 418 g/mol. The summed E-state index contributed by atoms with van der Waals surface area (Å²) in [5, 5.41) is 0. The molecule has 2 aliphatic rings. The first-order valence-electron chi connectivity index (χ1n) is 9.62. The Morgan fingerprint density at radius 3 is 2.52 bits per heavy atom. The van der Waals surface area contributed by atoms with Crippen molar-refractivity contribution >= 4 is 27.3 Å². The second-order valence-corrected chi connectivity index (χ2v) is 10.8. The van der Waals surface area contributed by atoms with Gasteiger partial charge in [0.2, 0.25) is 10.0 Å². The minimum absolute atomic E-state index is 0.0677. The number of nitrogens with zero attached hydrogens (tertiary/aromatic N) is 2. The predicted molar refractivity (Wildman–Crippen MR) is 107 cm³/mol. The fraction of sp³-hybridized carbons (Fsp3) is 0.450. The number of sulfonamides is 1. The van der Waals surface area contributed by atoms with Gasteiger partial charge in [0.1, 0.15) is 0 Å². The van der Waals surface area contributed by atoms with Crippen molar-refractivity contribution in [2.45, 2.75) is 31.1 Å². The second-order valence-electron chi connectivity index (χ2n) is 7.68. The van der Waals surface area contributed by atoms with Crippen molar-refractivity contribution < 1.29 is 22.0 Å². The van der Waals surface area contributed by atoms with E-state index in [-0.39, 0.29) is 37.0 Å². The molecule has 0 N–H and O–H groups in total. The number of fused-ring (bicyclic) bond motifs is 1. The highest BCUT2D eigenvalue weighted by Crippen LogP contribution is 2.33. The fourth-order valence-corrected chi connectivity index (χ4v) is 6.50. The van der Waals surface area contributed by atoms with E-state index in [0.717, 1.165) is 31.4 Å². The standard InChI is InChI=1S/C20H22F2N2O3S2/c1-13-2-5-18-14(10-13)11-19(28-18)20(25)23-6-8-24(9-7-23)29(26,27)15-3-4-16(21)17(22)12-15/h3-4,11-13H,2,5-10H2,1H3. The molecule has 1 aliphatic carbocycles. The summed E-state index contributed by atoms with van der Waals surface area (Å²) in [7, 11) is -3.93. The third-order valence-electron chi connectivity index (χ3n) is 5.59. The maximum absolute atomic E-state index is 13.4. The Morgan fingerprint density at radius 2 is 1.83 bits per heavy atom. The van der Waals surface area contributed by atoms with E-state index < -0.39 is 21.7 Å². The summed E-state index contributed by atoms with van der Waals surface area (Å²) in [4.78, 5) is 16.3. The molecule has 1 unspecified atom stereocenters. The summed E-state index contributed by atoms with van der Waals surface area (Å²) in [5.74, 6) is -1.73. The highest BCUT2D eigenvalue weighted by molar-refractivity contribution is 7.89. The van der Waals surface area contributed by atoms with Gasteiger partial charge < -0.3 is 4.90 Å². The lowest BCUT2D eigenvalue weighted by atomic mass is 9.90. The van der Waals surface area contributed by atoms with E-state index in [2.05, 4.69) is 6.92 Å². The number of rotatable bonds is 3. The van der Waals surface area contributed by atoms with Crippen molar-refractivity contribution in [3.8, 4) is 0 Å². The van der Waals surface area contributed by atoms with E-state index >= 15 is 0 Å². The SMILES string of the molecule is CC1CCc2sc(C(=O)N3CCN(S(=O)(=O)c4ccc(F)c(F)c4)CC3)cc2C1. The normalized spacial score (nSPS) is 20.5. The molecule has 1 fully saturated rings. The highest BCUT2D eigenvalue weighted by atomic mass is 32.2. The lowest BCUT2D eigenvalue weighted by molar-refractivity contribution is 0.0702. The van der Waals surface area contributed by atoms with Gasteiger partial charge in [-0.2, -0.15) is 4.31 Å². The molecule has 1 atom stereocenters. The van der Waals surface area contributed by atoms with Crippen LogP contribution in [0.2, 0.25) is 0 Å². The van der Waals surface area contributed by atoms with Crippen LogP contribution >= 0.6 is 11.3 Å². The van der Waals surface area contributed by atoms with Crippen molar-refractivity contribution in [3.63, 3.8) is 0 Å². The number of halogens is 2. The van der Waals surface area contributed by atoms with Crippen LogP contribution in [0.1, 0.15) is 33.5 Å². The summed E-state index contributed by atoms with van der Waals surface area (Å²) in [6, 6.07) is 4.55. The summed E-state index contributed by atoms with van der Waals surface area (Å²) in [5.41, 5.74) is 1.26. The molecule has 0 radical (unpaired) electrons. The number of benzene rings is 1. The summed E-state index contributed by atoms with van der Waals surface area (Å²) in [6.07, 6.45) is 3.15. The van der Waals surface area contributed by atoms with Gasteiger partial charge in [-0.25, -0.2) is 17.2 Å². The summed E-state index contributed by atoms with van der Waals surface area (Å²) >= 11 is 1.55. The molecule has 1 amide bonds. The minimum Gasteiger partial charge on any atom is -0.335 e. The monoisotopic (exact) mass is 440 g/mol. The number of amides is 1. The Hall–Kier alpha value is -1.84. The van der Waals surface area contributed by atoms with E-state index in [9.17, 15) is 22.0 Å². The van der Waals surface area contributed by atoms with Gasteiger partial charge >= 0.3 is 0 Å². The molecule has 9 heteroatoms. The van der Waals surface area contributed by atoms with Crippen LogP contribution in [0.4, 0.5) is 8.78 Å². The lowest BCUT2D eigenvalue weighted by Gasteiger charge is -2.33. The van der Waals surface area contributed by atoms with Crippen LogP contribution in [0.15, 0.2) is 29.2 Å². The van der Waals surface area contributed by atoms with Gasteiger partial charge in [-0.3, -0.25) is 4.79 Å². The second kappa shape index (κ2) is 7.77. The number of hydrogen-bond donors (Lipinski definition) is 0. The number of hydrogen-bond acceptors (Lipinski definition) is 4. The average Bonchev–Trinajstić information content (AvgIpc) is 3.12. The van der Waals surface area contributed by atoms with Gasteiger partial charge in [0.25, 0.3) is 5.91 Å². The third kappa shape index (κ3) is 3.95. The molecule has 1 aromatic heterocycles. The number of carbonyl (C=O) groups is 1. The molecule has 5 nitrogen and oxygen atoms in total. The van der Waals surface area contributed by atoms with Crippen molar-refractivity contribution in [3.05, 3.63) is 51.2 Å². The quantitative estimate of drug-likeness (QED) is 0.736. The molecule has 4 rings (SSSR count). The van der Waals surface area contributed by atoms with Crippen LogP contribution in [0.5, 0.6) is 0 Å². The van der Waals surface area contributed by atoms with Gasteiger partial charge in [0, 0.05) is 31.1 Å². The number of carbonyl (C=O) groups excluding carboxylic acids is 1. The van der Waals surface area contributed by atoms with Crippen LogP contribution in [-0.2, 0) is 22.9 Å². The van der Waals surface area contributed by atoms with Crippen molar-refractivity contribution in [2.75, 3.05) is 26.2 Å². The molecule has 0 bridgehead atoms. The maximum atomic E-state index is 13.4. The molecule has 1 aromatic carbocycles. The zero-order chi connectivity index (χ0) is 20.8. The topological polar surface area (TPSA) is 57.7 Å². The summed E-state index contributed by atoms with van der Waals surface area (Å²) in [6.45, 7) is 2.99. The largest absolute Gasteiger partial charge is 0.335 e. The molecular formula is C20H22F2N2O3S2. The molecule has 29 heavy (non-hydrogen) atoms. The van der Waals surface area contributed by atoms with E-state index in [1.54, 1.807) is 16.2 Å². The van der Waals surface area contributed by atoms with Gasteiger partial charge in [0.15, 0.2) is 11.6 Å². The van der Waals surface area contributed by atoms with Gasteiger partial charge in [-0.1, -0.05) is 6.92 Å². The smallest absolute Gasteiger partial charge is 0.264 e. The fourth-order valence-electron chi connectivity index (χ4n) is 3.88. The van der Waals surface area contributed by atoms with Crippen LogP contribution < -0.4 is 0 Å². The van der Waals surface area contributed by atoms with Gasteiger partial charge in [0.05, 0.1) is 9.77 Å². The number of piperazine rings is 1. The van der Waals surface area contributed by atoms with Gasteiger partial charge in [-0.05, 0) is 55.0 Å². The zero-order valence-electron chi connectivity index (χ0n) is 16.0. The van der Waals surface area contributed by atoms with E-state index in [0.29, 0.717) is 16.9 Å². The Kier molecular flexibility index (Phi) is 5.48. The van der Waals surface area contributed by atoms with E-state index in [4.69, 9.17) is 0 Å². The van der Waals surface area contributed by atoms with E-state index in [1.807, 2.05) is 6.07 Å². The molecule has 1 saturated heterocycles. The lowest BCUT2D eigenvalue weighted by Crippen LogP contribution is -2.50.